The van der Waals surface area contributed by atoms with Crippen LogP contribution in [0.3, 0.4) is 0 Å². The lowest BCUT2D eigenvalue weighted by atomic mass is 9.67. The van der Waals surface area contributed by atoms with Gasteiger partial charge in [-0.25, -0.2) is 0 Å². The quantitative estimate of drug-likeness (QED) is 0.0795. The van der Waals surface area contributed by atoms with Crippen LogP contribution < -0.4 is 16.0 Å². The van der Waals surface area contributed by atoms with Gasteiger partial charge in [0.25, 0.3) is 0 Å². The maximum absolute atomic E-state index is 3.59. The summed E-state index contributed by atoms with van der Waals surface area (Å²) < 4.78 is 0. The van der Waals surface area contributed by atoms with Crippen LogP contribution in [0.5, 0.6) is 0 Å². The van der Waals surface area contributed by atoms with Crippen LogP contribution in [-0.2, 0) is 11.8 Å². The number of fused-ring (bicyclic) bond motifs is 13. The van der Waals surface area contributed by atoms with Crippen molar-refractivity contribution in [3.8, 4) is 89.0 Å². The van der Waals surface area contributed by atoms with E-state index in [1.54, 1.807) is 0 Å². The highest BCUT2D eigenvalue weighted by atomic mass is 14.9. The summed E-state index contributed by atoms with van der Waals surface area (Å²) >= 11 is 0. The molecule has 0 aliphatic heterocycles. The topological polar surface area (TPSA) is 36.1 Å². The minimum Gasteiger partial charge on any atom is -0.356 e. The second-order valence-corrected chi connectivity index (χ2v) is 36.4. The van der Waals surface area contributed by atoms with Crippen molar-refractivity contribution < 1.29 is 0 Å². The van der Waals surface area contributed by atoms with Crippen molar-refractivity contribution >= 4 is 110 Å². The number of anilines is 6. The monoisotopic (exact) mass is 1800 g/mol. The van der Waals surface area contributed by atoms with Crippen molar-refractivity contribution in [3.63, 3.8) is 0 Å². The van der Waals surface area contributed by atoms with Gasteiger partial charge in [0.1, 0.15) is 0 Å². The molecule has 0 atom stereocenters. The third-order valence-corrected chi connectivity index (χ3v) is 27.7. The Balaban J connectivity index is 0.000000106. The largest absolute Gasteiger partial charge is 0.356 e. The number of nitrogens with one attached hydrogen (secondary N) is 3. The second-order valence-electron chi connectivity index (χ2n) is 36.4. The van der Waals surface area contributed by atoms with Crippen molar-refractivity contribution in [1.29, 1.82) is 0 Å². The lowest BCUT2D eigenvalue weighted by molar-refractivity contribution is 0.769. The summed E-state index contributed by atoms with van der Waals surface area (Å²) in [6.07, 6.45) is 0.917. The van der Waals surface area contributed by atoms with Gasteiger partial charge in [0.05, 0.1) is 5.41 Å². The molecule has 25 aromatic rings. The Hall–Kier alpha value is -18.3. The summed E-state index contributed by atoms with van der Waals surface area (Å²) in [6.45, 7) is 0. The molecule has 0 heterocycles. The lowest BCUT2D eigenvalue weighted by Crippen LogP contribution is -2.28. The summed E-state index contributed by atoms with van der Waals surface area (Å²) in [6, 6.07) is 205. The van der Waals surface area contributed by atoms with Crippen molar-refractivity contribution in [2.75, 3.05) is 16.0 Å². The molecule has 0 saturated carbocycles. The molecule has 0 radical (unpaired) electrons. The van der Waals surface area contributed by atoms with Gasteiger partial charge in [0.15, 0.2) is 0 Å². The Bertz CT molecular complexity index is 8480. The lowest BCUT2D eigenvalue weighted by Gasteiger charge is -2.34. The first kappa shape index (κ1) is 86.8. The minimum atomic E-state index is -0.379. The summed E-state index contributed by atoms with van der Waals surface area (Å²) in [5.74, 6) is 0. The van der Waals surface area contributed by atoms with Crippen LogP contribution >= 0.6 is 0 Å². The van der Waals surface area contributed by atoms with Crippen LogP contribution in [0.2, 0.25) is 0 Å². The van der Waals surface area contributed by atoms with E-state index in [9.17, 15) is 0 Å². The van der Waals surface area contributed by atoms with Gasteiger partial charge in [-0.05, 0) is 290 Å². The average Bonchev–Trinajstić information content (AvgIpc) is 1.54. The Morgan fingerprint density at radius 1 is 0.142 bits per heavy atom. The number of hydrogen-bond donors (Lipinski definition) is 3. The molecule has 0 unspecified atom stereocenters. The first-order valence-electron chi connectivity index (χ1n) is 48.6. The van der Waals surface area contributed by atoms with Crippen molar-refractivity contribution in [2.24, 2.45) is 0 Å². The van der Waals surface area contributed by atoms with Gasteiger partial charge >= 0.3 is 0 Å². The zero-order chi connectivity index (χ0) is 94.0. The maximum Gasteiger partial charge on any atom is 0.0713 e. The molecular formula is C138H99N3. The normalized spacial score (nSPS) is 11.6. The van der Waals surface area contributed by atoms with E-state index in [0.29, 0.717) is 0 Å². The van der Waals surface area contributed by atoms with E-state index in [2.05, 4.69) is 586 Å². The average molecular weight is 1800 g/mol. The smallest absolute Gasteiger partial charge is 0.0713 e. The number of hydrogen-bond acceptors (Lipinski definition) is 3. The van der Waals surface area contributed by atoms with Gasteiger partial charge in [-0.2, -0.15) is 0 Å². The predicted molar refractivity (Wildman–Crippen MR) is 602 cm³/mol. The molecule has 1 aliphatic rings. The van der Waals surface area contributed by atoms with E-state index >= 15 is 0 Å². The summed E-state index contributed by atoms with van der Waals surface area (Å²) in [5, 5.41) is 28.6. The molecule has 0 fully saturated rings. The van der Waals surface area contributed by atoms with Gasteiger partial charge in [0, 0.05) is 39.5 Å². The van der Waals surface area contributed by atoms with Gasteiger partial charge in [-0.15, -0.1) is 0 Å². The van der Waals surface area contributed by atoms with E-state index in [4.69, 9.17) is 0 Å². The Labute approximate surface area is 824 Å². The molecule has 0 spiro atoms. The molecular weight excluding hydrogens is 1700 g/mol. The van der Waals surface area contributed by atoms with Crippen LogP contribution in [0, 0.1) is 0 Å². The zero-order valence-corrected chi connectivity index (χ0v) is 78.0. The molecule has 1 aliphatic carbocycles. The Kier molecular flexibility index (Phi) is 24.4. The molecule has 3 heteroatoms. The van der Waals surface area contributed by atoms with E-state index in [0.717, 1.165) is 40.5 Å². The Morgan fingerprint density at radius 2 is 0.440 bits per heavy atom. The fourth-order valence-corrected chi connectivity index (χ4v) is 20.7. The van der Waals surface area contributed by atoms with Crippen LogP contribution in [0.15, 0.2) is 570 Å². The predicted octanol–water partition coefficient (Wildman–Crippen LogP) is 37.7. The first-order valence-corrected chi connectivity index (χ1v) is 48.6. The molecule has 0 amide bonds. The SMILES string of the molecule is c1ccc(-c2ccc(Cc3ccc(-c4ccc5c(c4)C(c4ccccc4)(c4ccccc4)c4ccccc4-5)cc3)cc2)cc1.c1ccc(-c2cccc(-c3ccc(Nc4ccc(-c5cccc(-c6ccccc6)c5)cc4)cc3)c2)cc1.c1ccc2c(Nc3ccc(-c4cc5ccccc5c5ccccc45)cc3)cccc2c1.c1ccc2c(c1)ccc1cc(Nc3ccc4c(ccc5ccccc54)c3)ccc12. The van der Waals surface area contributed by atoms with Crippen LogP contribution in [0.25, 0.3) is 164 Å². The summed E-state index contributed by atoms with van der Waals surface area (Å²) in [5.41, 5.74) is 34.0. The highest BCUT2D eigenvalue weighted by Crippen LogP contribution is 2.57. The van der Waals surface area contributed by atoms with Crippen molar-refractivity contribution in [3.05, 3.63) is 604 Å². The molecule has 0 saturated heterocycles. The molecule has 26 rings (SSSR count). The molecule has 25 aromatic carbocycles. The van der Waals surface area contributed by atoms with E-state index in [1.807, 2.05) is 0 Å². The molecule has 141 heavy (non-hydrogen) atoms. The van der Waals surface area contributed by atoms with Crippen molar-refractivity contribution in [1.82, 2.24) is 0 Å². The molecule has 666 valence electrons. The Morgan fingerprint density at radius 3 is 0.936 bits per heavy atom. The molecule has 3 N–H and O–H groups in total. The summed E-state index contributed by atoms with van der Waals surface area (Å²) in [7, 11) is 0. The minimum absolute atomic E-state index is 0.379. The van der Waals surface area contributed by atoms with Crippen LogP contribution in [0.1, 0.15) is 33.4 Å². The first-order chi connectivity index (χ1) is 69.8. The second kappa shape index (κ2) is 39.6. The number of rotatable bonds is 17. The fraction of sp³-hybridized carbons (Fsp3) is 0.0145. The van der Waals surface area contributed by atoms with Gasteiger partial charge in [-0.1, -0.05) is 479 Å². The van der Waals surface area contributed by atoms with Gasteiger partial charge < -0.3 is 16.0 Å². The third kappa shape index (κ3) is 18.3. The highest BCUT2D eigenvalue weighted by Gasteiger charge is 2.46. The number of benzene rings is 25. The standard InChI is InChI=1S/C44H32.C36H27N.C30H21N.C28H19N/c1-4-12-34(13-5-1)35-24-20-32(21-25-35)30-33-22-26-36(27-23-33)37-28-29-41-40-18-10-11-19-42(40)44(43(41)31-37,38-14-6-2-7-15-38)39-16-8-3-9-17-39;1-3-9-27(10-4-1)31-13-7-15-33(25-31)29-17-21-35(22-18-29)37-36-23-19-30(20-24-36)34-16-8-14-32(26-34)28-11-5-2-6-12-28;1-4-12-26-21(8-1)10-7-15-30(26)31-24-18-16-22(17-19-24)29-20-23-9-2-3-11-25(23)27-13-5-6-14-28(27)29;1-3-7-25-19(5-1)9-11-21-17-23(13-15-27(21)25)29-24-14-16-28-22(18-24)12-10-20-6-2-4-8-26(20)28/h1-29,31H,30H2;1-26,37H;1-20,31H;1-18,29H. The maximum atomic E-state index is 3.59. The van der Waals surface area contributed by atoms with Gasteiger partial charge in [0.2, 0.25) is 0 Å². The zero-order valence-electron chi connectivity index (χ0n) is 78.0. The fourth-order valence-electron chi connectivity index (χ4n) is 20.7. The van der Waals surface area contributed by atoms with E-state index in [-0.39, 0.29) is 5.41 Å². The van der Waals surface area contributed by atoms with E-state index < -0.39 is 0 Å². The molecule has 3 nitrogen and oxygen atoms in total. The third-order valence-electron chi connectivity index (χ3n) is 27.7. The van der Waals surface area contributed by atoms with Crippen LogP contribution in [-0.4, -0.2) is 0 Å². The van der Waals surface area contributed by atoms with E-state index in [1.165, 1.54) is 198 Å². The highest BCUT2D eigenvalue weighted by molar-refractivity contribution is 6.14. The van der Waals surface area contributed by atoms with Crippen molar-refractivity contribution in [2.45, 2.75) is 11.8 Å². The molecule has 0 bridgehead atoms. The molecule has 0 aromatic heterocycles. The summed E-state index contributed by atoms with van der Waals surface area (Å²) in [4.78, 5) is 0. The van der Waals surface area contributed by atoms with Gasteiger partial charge in [-0.3, -0.25) is 0 Å². The van der Waals surface area contributed by atoms with Crippen LogP contribution in [0.4, 0.5) is 34.1 Å².